The van der Waals surface area contributed by atoms with Crippen LogP contribution in [-0.4, -0.2) is 39.3 Å². The average molecular weight is 564 g/mol. The lowest BCUT2D eigenvalue weighted by Crippen LogP contribution is -3.00. The van der Waals surface area contributed by atoms with E-state index in [1.54, 1.807) is 50.1 Å². The van der Waals surface area contributed by atoms with Gasteiger partial charge in [-0.3, -0.25) is 0 Å². The van der Waals surface area contributed by atoms with Crippen LogP contribution in [0.1, 0.15) is 83.0 Å². The van der Waals surface area contributed by atoms with Crippen LogP contribution in [0.5, 0.6) is 0 Å². The first kappa shape index (κ1) is 25.9. The Morgan fingerprint density at radius 2 is 0.878 bits per heavy atom. The first-order valence-corrected chi connectivity index (χ1v) is 16.4. The predicted molar refractivity (Wildman–Crippen MR) is 166 cm³/mol. The molecule has 0 atom stereocenters. The lowest BCUT2D eigenvalue weighted by molar-refractivity contribution is -0.00000786. The Balaban J connectivity index is 0.00000256. The second-order valence-corrected chi connectivity index (χ2v) is 13.4. The molecule has 9 rings (SSSR count). The summed E-state index contributed by atoms with van der Waals surface area (Å²) in [5.74, 6) is 0. The molecular formula is C37H42ClN3. The standard InChI is InChI=1S/C37H42N3.ClH/c1-7-25-19-31(20-26-8-2-14-38(13-1)35(25)26)34(32-21-27-9-3-15-39-16-4-10-28(22-32)36(27)39)33-23-29-11-5-17-40-18-6-12-30(24-33)37(29)40;/h19-24H,1-18H2;1H/q+1;/p-1. The Morgan fingerprint density at radius 3 is 1.29 bits per heavy atom. The zero-order valence-electron chi connectivity index (χ0n) is 24.4. The van der Waals surface area contributed by atoms with E-state index in [0.717, 1.165) is 0 Å². The Labute approximate surface area is 251 Å². The lowest BCUT2D eigenvalue weighted by Gasteiger charge is -2.38. The van der Waals surface area contributed by atoms with E-state index >= 15 is 0 Å². The van der Waals surface area contributed by atoms with Crippen LogP contribution in [0, 0.1) is 0 Å². The van der Waals surface area contributed by atoms with Gasteiger partial charge in [-0.05, 0) is 145 Å². The van der Waals surface area contributed by atoms with Gasteiger partial charge in [0.15, 0.2) is 0 Å². The third-order valence-corrected chi connectivity index (χ3v) is 10.9. The molecule has 0 amide bonds. The maximum Gasteiger partial charge on any atom is 0.206 e. The SMILES string of the molecule is [Cl-].c1c(C(c2cc3c4c(c2)CCCN4CCC3)=c2cc3c4c(c2)CCC[N+]=4CCC3)cc2c3c1CCCN3CCC2. The summed E-state index contributed by atoms with van der Waals surface area (Å²) >= 11 is 0. The van der Waals surface area contributed by atoms with Crippen molar-refractivity contribution in [2.75, 3.05) is 49.1 Å². The fraction of sp³-hybridized carbons (Fsp3) is 0.486. The van der Waals surface area contributed by atoms with Crippen molar-refractivity contribution in [3.8, 4) is 0 Å². The summed E-state index contributed by atoms with van der Waals surface area (Å²) in [5, 5.41) is 3.07. The number of halogens is 1. The second-order valence-electron chi connectivity index (χ2n) is 13.4. The minimum absolute atomic E-state index is 0. The van der Waals surface area contributed by atoms with Gasteiger partial charge < -0.3 is 22.2 Å². The molecule has 6 aliphatic heterocycles. The first-order chi connectivity index (χ1) is 19.8. The summed E-state index contributed by atoms with van der Waals surface area (Å²) in [6.45, 7) is 7.45. The Morgan fingerprint density at radius 1 is 0.488 bits per heavy atom. The van der Waals surface area contributed by atoms with Crippen LogP contribution in [0.2, 0.25) is 0 Å². The summed E-state index contributed by atoms with van der Waals surface area (Å²) in [7, 11) is 0. The van der Waals surface area contributed by atoms with Crippen molar-refractivity contribution in [2.24, 2.45) is 0 Å². The Hall–Kier alpha value is -2.78. The van der Waals surface area contributed by atoms with Gasteiger partial charge in [0.2, 0.25) is 5.36 Å². The lowest BCUT2D eigenvalue weighted by atomic mass is 9.83. The molecule has 212 valence electrons. The van der Waals surface area contributed by atoms with Gasteiger partial charge in [0, 0.05) is 61.5 Å². The number of hydrogen-bond donors (Lipinski definition) is 0. The van der Waals surface area contributed by atoms with E-state index in [1.165, 1.54) is 138 Å². The Kier molecular flexibility index (Phi) is 6.44. The molecule has 3 nitrogen and oxygen atoms in total. The second kappa shape index (κ2) is 10.2. The van der Waals surface area contributed by atoms with Gasteiger partial charge in [0.05, 0.1) is 0 Å². The number of rotatable bonds is 2. The van der Waals surface area contributed by atoms with E-state index in [-0.39, 0.29) is 12.4 Å². The van der Waals surface area contributed by atoms with Gasteiger partial charge >= 0.3 is 0 Å². The van der Waals surface area contributed by atoms with Crippen LogP contribution in [-0.2, 0) is 38.5 Å². The van der Waals surface area contributed by atoms with Crippen LogP contribution >= 0.6 is 0 Å². The summed E-state index contributed by atoms with van der Waals surface area (Å²) in [6, 6.07) is 15.7. The van der Waals surface area contributed by atoms with Crippen molar-refractivity contribution < 1.29 is 12.4 Å². The highest BCUT2D eigenvalue weighted by atomic mass is 35.5. The molecule has 0 bridgehead atoms. The first-order valence-electron chi connectivity index (χ1n) is 16.4. The van der Waals surface area contributed by atoms with Crippen LogP contribution in [0.15, 0.2) is 36.4 Å². The largest absolute Gasteiger partial charge is 1.00 e. The molecule has 6 aliphatic rings. The minimum Gasteiger partial charge on any atom is -1.00 e. The molecular weight excluding hydrogens is 522 g/mol. The monoisotopic (exact) mass is 563 g/mol. The quantitative estimate of drug-likeness (QED) is 0.439. The topological polar surface area (TPSA) is 9.49 Å². The normalized spacial score (nSPS) is 20.0. The molecule has 0 unspecified atom stereocenters. The molecule has 3 aromatic carbocycles. The summed E-state index contributed by atoms with van der Waals surface area (Å²) < 4.78 is 2.69. The van der Waals surface area contributed by atoms with Crippen LogP contribution in [0.4, 0.5) is 11.4 Å². The van der Waals surface area contributed by atoms with Crippen molar-refractivity contribution in [1.29, 1.82) is 0 Å². The van der Waals surface area contributed by atoms with Gasteiger partial charge in [0.25, 0.3) is 0 Å². The van der Waals surface area contributed by atoms with E-state index in [0.29, 0.717) is 0 Å². The van der Waals surface area contributed by atoms with Crippen molar-refractivity contribution in [3.05, 3.63) is 91.5 Å². The van der Waals surface area contributed by atoms with Crippen LogP contribution in [0.3, 0.4) is 0 Å². The molecule has 0 N–H and O–H groups in total. The highest BCUT2D eigenvalue weighted by Gasteiger charge is 2.29. The minimum atomic E-state index is 0. The number of anilines is 2. The molecule has 0 spiro atoms. The van der Waals surface area contributed by atoms with Gasteiger partial charge in [-0.15, -0.1) is 0 Å². The van der Waals surface area contributed by atoms with Crippen LogP contribution < -0.4 is 37.4 Å². The molecule has 0 saturated heterocycles. The van der Waals surface area contributed by atoms with E-state index in [1.807, 2.05) is 0 Å². The maximum absolute atomic E-state index is 2.69. The molecule has 0 saturated carbocycles. The van der Waals surface area contributed by atoms with Crippen molar-refractivity contribution >= 4 is 16.9 Å². The van der Waals surface area contributed by atoms with Crippen molar-refractivity contribution in [1.82, 2.24) is 4.58 Å². The predicted octanol–water partition coefficient (Wildman–Crippen LogP) is 1.72. The number of nitrogens with zero attached hydrogens (tertiary/aromatic N) is 3. The number of hydrogen-bond acceptors (Lipinski definition) is 2. The van der Waals surface area contributed by atoms with E-state index in [4.69, 9.17) is 0 Å². The molecule has 0 radical (unpaired) electrons. The molecule has 4 heteroatoms. The maximum atomic E-state index is 2.69. The summed E-state index contributed by atoms with van der Waals surface area (Å²) in [6.07, 6.45) is 15.2. The van der Waals surface area contributed by atoms with Crippen molar-refractivity contribution in [2.45, 2.75) is 77.0 Å². The highest BCUT2D eigenvalue weighted by molar-refractivity contribution is 5.84. The molecule has 0 aromatic heterocycles. The molecule has 0 fully saturated rings. The van der Waals surface area contributed by atoms with Crippen LogP contribution in [0.25, 0.3) is 5.57 Å². The van der Waals surface area contributed by atoms with E-state index in [2.05, 4.69) is 50.8 Å². The zero-order valence-corrected chi connectivity index (χ0v) is 25.2. The van der Waals surface area contributed by atoms with Gasteiger partial charge in [0.1, 0.15) is 13.1 Å². The zero-order chi connectivity index (χ0) is 26.2. The summed E-state index contributed by atoms with van der Waals surface area (Å²) in [4.78, 5) is 5.38. The molecule has 41 heavy (non-hydrogen) atoms. The summed E-state index contributed by atoms with van der Waals surface area (Å²) in [5.41, 5.74) is 17.3. The fourth-order valence-electron chi connectivity index (χ4n) is 9.34. The van der Waals surface area contributed by atoms with Gasteiger partial charge in [-0.2, -0.15) is 0 Å². The molecule has 6 heterocycles. The van der Waals surface area contributed by atoms with E-state index < -0.39 is 0 Å². The third kappa shape index (κ3) is 4.17. The van der Waals surface area contributed by atoms with Gasteiger partial charge in [-0.1, -0.05) is 0 Å². The van der Waals surface area contributed by atoms with E-state index in [9.17, 15) is 0 Å². The fourth-order valence-corrected chi connectivity index (χ4v) is 9.34. The Bertz CT molecular complexity index is 1510. The smallest absolute Gasteiger partial charge is 0.206 e. The molecule has 0 aliphatic carbocycles. The number of benzene rings is 3. The van der Waals surface area contributed by atoms with Crippen molar-refractivity contribution in [3.63, 3.8) is 0 Å². The highest BCUT2D eigenvalue weighted by Crippen LogP contribution is 2.41. The number of aryl methyl sites for hydroxylation is 6. The third-order valence-electron chi connectivity index (χ3n) is 10.9. The molecule has 3 aromatic rings. The van der Waals surface area contributed by atoms with Gasteiger partial charge in [-0.25, -0.2) is 4.58 Å². The average Bonchev–Trinajstić information content (AvgIpc) is 2.98.